The number of nitrogens with one attached hydrogen (secondary N) is 1. The summed E-state index contributed by atoms with van der Waals surface area (Å²) in [5, 5.41) is 7.95. The van der Waals surface area contributed by atoms with E-state index in [-0.39, 0.29) is 12.0 Å². The summed E-state index contributed by atoms with van der Waals surface area (Å²) in [6, 6.07) is 12.9. The first-order valence-corrected chi connectivity index (χ1v) is 8.71. The van der Waals surface area contributed by atoms with Crippen LogP contribution in [-0.4, -0.2) is 26.8 Å². The molecule has 1 aromatic carbocycles. The molecule has 0 bridgehead atoms. The Morgan fingerprint density at radius 1 is 1.31 bits per heavy atom. The van der Waals surface area contributed by atoms with Gasteiger partial charge in [-0.2, -0.15) is 5.10 Å². The summed E-state index contributed by atoms with van der Waals surface area (Å²) >= 11 is 5.86. The number of rotatable bonds is 5. The zero-order chi connectivity index (χ0) is 17.9. The van der Waals surface area contributed by atoms with Gasteiger partial charge < -0.3 is 10.1 Å². The average Bonchev–Trinajstić information content (AvgIpc) is 3.20. The van der Waals surface area contributed by atoms with Gasteiger partial charge in [0, 0.05) is 29.9 Å². The molecule has 0 saturated heterocycles. The fourth-order valence-electron chi connectivity index (χ4n) is 2.94. The van der Waals surface area contributed by atoms with Gasteiger partial charge in [0.2, 0.25) is 0 Å². The van der Waals surface area contributed by atoms with Crippen LogP contribution in [0, 0.1) is 0 Å². The van der Waals surface area contributed by atoms with E-state index in [4.69, 9.17) is 16.3 Å². The van der Waals surface area contributed by atoms with Crippen molar-refractivity contribution in [1.29, 1.82) is 0 Å². The van der Waals surface area contributed by atoms with E-state index in [1.165, 1.54) is 0 Å². The van der Waals surface area contributed by atoms with Gasteiger partial charge >= 0.3 is 0 Å². The monoisotopic (exact) mass is 368 g/mol. The second kappa shape index (κ2) is 7.17. The molecule has 1 amide bonds. The quantitative estimate of drug-likeness (QED) is 0.751. The lowest BCUT2D eigenvalue weighted by atomic mass is 10.2. The Bertz CT molecular complexity index is 886. The van der Waals surface area contributed by atoms with Crippen molar-refractivity contribution in [1.82, 2.24) is 20.1 Å². The van der Waals surface area contributed by atoms with Crippen molar-refractivity contribution in [3.8, 4) is 5.75 Å². The summed E-state index contributed by atoms with van der Waals surface area (Å²) in [6.07, 6.45) is 4.12. The molecular formula is C19H17ClN4O2. The van der Waals surface area contributed by atoms with E-state index in [0.717, 1.165) is 17.0 Å². The Morgan fingerprint density at radius 2 is 2.15 bits per heavy atom. The molecule has 0 spiro atoms. The van der Waals surface area contributed by atoms with E-state index in [1.807, 2.05) is 35.0 Å². The number of pyridine rings is 1. The molecule has 26 heavy (non-hydrogen) atoms. The van der Waals surface area contributed by atoms with Crippen LogP contribution in [0.3, 0.4) is 0 Å². The minimum absolute atomic E-state index is 0.00729. The first kappa shape index (κ1) is 16.6. The maximum atomic E-state index is 12.3. The molecule has 3 aromatic rings. The predicted molar refractivity (Wildman–Crippen MR) is 97.2 cm³/mol. The Balaban J connectivity index is 1.34. The highest BCUT2D eigenvalue weighted by Gasteiger charge is 2.26. The number of carbonyl (C=O) groups excluding carboxylic acids is 1. The van der Waals surface area contributed by atoms with Gasteiger partial charge in [-0.15, -0.1) is 0 Å². The minimum atomic E-state index is -0.188. The summed E-state index contributed by atoms with van der Waals surface area (Å²) in [5.74, 6) is 0.552. The van der Waals surface area contributed by atoms with Gasteiger partial charge in [-0.3, -0.25) is 14.5 Å². The SMILES string of the molecule is O=C(NCc1ccc(Cl)cc1)c1cc2n(n1)CC(Oc1cccnc1)C2. The lowest BCUT2D eigenvalue weighted by molar-refractivity contribution is 0.0944. The predicted octanol–water partition coefficient (Wildman–Crippen LogP) is 2.87. The standard InChI is InChI=1S/C19H17ClN4O2/c20-14-5-3-13(4-6-14)10-22-19(25)18-9-15-8-17(12-24(15)23-18)26-16-2-1-7-21-11-16/h1-7,9,11,17H,8,10,12H2,(H,22,25). The highest BCUT2D eigenvalue weighted by Crippen LogP contribution is 2.21. The number of nitrogens with zero attached hydrogens (tertiary/aromatic N) is 3. The third-order valence-electron chi connectivity index (χ3n) is 4.21. The maximum Gasteiger partial charge on any atom is 0.272 e. The third-order valence-corrected chi connectivity index (χ3v) is 4.46. The van der Waals surface area contributed by atoms with Gasteiger partial charge in [-0.25, -0.2) is 0 Å². The Labute approximate surface area is 155 Å². The number of hydrogen-bond acceptors (Lipinski definition) is 4. The number of benzene rings is 1. The largest absolute Gasteiger partial charge is 0.486 e. The topological polar surface area (TPSA) is 69.0 Å². The van der Waals surface area contributed by atoms with Gasteiger partial charge in [0.1, 0.15) is 17.5 Å². The van der Waals surface area contributed by atoms with Crippen LogP contribution in [0.2, 0.25) is 5.02 Å². The van der Waals surface area contributed by atoms with Crippen molar-refractivity contribution in [3.05, 3.63) is 76.8 Å². The summed E-state index contributed by atoms with van der Waals surface area (Å²) < 4.78 is 7.73. The summed E-state index contributed by atoms with van der Waals surface area (Å²) in [6.45, 7) is 1.06. The molecule has 1 unspecified atom stereocenters. The van der Waals surface area contributed by atoms with Crippen LogP contribution in [0.25, 0.3) is 0 Å². The Kier molecular flexibility index (Phi) is 4.58. The van der Waals surface area contributed by atoms with Gasteiger partial charge in [0.05, 0.1) is 12.7 Å². The molecule has 7 heteroatoms. The molecule has 1 aliphatic rings. The number of aromatic nitrogens is 3. The van der Waals surface area contributed by atoms with Crippen LogP contribution < -0.4 is 10.1 Å². The molecule has 6 nitrogen and oxygen atoms in total. The van der Waals surface area contributed by atoms with Crippen LogP contribution in [0.5, 0.6) is 5.75 Å². The highest BCUT2D eigenvalue weighted by atomic mass is 35.5. The minimum Gasteiger partial charge on any atom is -0.486 e. The fraction of sp³-hybridized carbons (Fsp3) is 0.211. The zero-order valence-electron chi connectivity index (χ0n) is 13.9. The normalized spacial score (nSPS) is 15.5. The summed E-state index contributed by atoms with van der Waals surface area (Å²) in [5.41, 5.74) is 2.41. The van der Waals surface area contributed by atoms with Crippen LogP contribution >= 0.6 is 11.6 Å². The van der Waals surface area contributed by atoms with Crippen molar-refractivity contribution in [2.24, 2.45) is 0 Å². The number of halogens is 1. The van der Waals surface area contributed by atoms with E-state index >= 15 is 0 Å². The fourth-order valence-corrected chi connectivity index (χ4v) is 3.07. The number of carbonyl (C=O) groups is 1. The molecular weight excluding hydrogens is 352 g/mol. The third kappa shape index (κ3) is 3.70. The van der Waals surface area contributed by atoms with E-state index in [9.17, 15) is 4.79 Å². The van der Waals surface area contributed by atoms with Crippen molar-refractivity contribution >= 4 is 17.5 Å². The molecule has 1 N–H and O–H groups in total. The van der Waals surface area contributed by atoms with Crippen molar-refractivity contribution in [2.75, 3.05) is 0 Å². The molecule has 3 heterocycles. The maximum absolute atomic E-state index is 12.3. The molecule has 0 radical (unpaired) electrons. The summed E-state index contributed by atoms with van der Waals surface area (Å²) in [4.78, 5) is 16.4. The molecule has 1 atom stereocenters. The van der Waals surface area contributed by atoms with E-state index < -0.39 is 0 Å². The lowest BCUT2D eigenvalue weighted by Gasteiger charge is -2.12. The lowest BCUT2D eigenvalue weighted by Crippen LogP contribution is -2.24. The number of fused-ring (bicyclic) bond motifs is 1. The van der Waals surface area contributed by atoms with E-state index in [1.54, 1.807) is 24.5 Å². The second-order valence-corrected chi connectivity index (χ2v) is 6.58. The second-order valence-electron chi connectivity index (χ2n) is 6.14. The molecule has 4 rings (SSSR count). The van der Waals surface area contributed by atoms with Crippen LogP contribution in [0.15, 0.2) is 54.9 Å². The van der Waals surface area contributed by atoms with Crippen molar-refractivity contribution < 1.29 is 9.53 Å². The Hall–Kier alpha value is -2.86. The number of hydrogen-bond donors (Lipinski definition) is 1. The molecule has 1 aliphatic heterocycles. The van der Waals surface area contributed by atoms with E-state index in [0.29, 0.717) is 30.2 Å². The van der Waals surface area contributed by atoms with E-state index in [2.05, 4.69) is 15.4 Å². The molecule has 0 saturated carbocycles. The van der Waals surface area contributed by atoms with Gasteiger partial charge in [-0.1, -0.05) is 23.7 Å². The van der Waals surface area contributed by atoms with Gasteiger partial charge in [0.15, 0.2) is 0 Å². The number of ether oxygens (including phenoxy) is 1. The van der Waals surface area contributed by atoms with Crippen LogP contribution in [-0.2, 0) is 19.5 Å². The number of amides is 1. The first-order chi connectivity index (χ1) is 12.7. The molecule has 132 valence electrons. The zero-order valence-corrected chi connectivity index (χ0v) is 14.7. The smallest absolute Gasteiger partial charge is 0.272 e. The average molecular weight is 369 g/mol. The molecule has 2 aromatic heterocycles. The highest BCUT2D eigenvalue weighted by molar-refractivity contribution is 6.30. The van der Waals surface area contributed by atoms with Crippen LogP contribution in [0.1, 0.15) is 21.7 Å². The van der Waals surface area contributed by atoms with Crippen molar-refractivity contribution in [2.45, 2.75) is 25.6 Å². The van der Waals surface area contributed by atoms with Crippen LogP contribution in [0.4, 0.5) is 0 Å². The molecule has 0 fully saturated rings. The van der Waals surface area contributed by atoms with Crippen molar-refractivity contribution in [3.63, 3.8) is 0 Å². The Morgan fingerprint density at radius 3 is 2.88 bits per heavy atom. The summed E-state index contributed by atoms with van der Waals surface area (Å²) in [7, 11) is 0. The van der Waals surface area contributed by atoms with Gasteiger partial charge in [-0.05, 0) is 35.9 Å². The first-order valence-electron chi connectivity index (χ1n) is 8.33. The van der Waals surface area contributed by atoms with Gasteiger partial charge in [0.25, 0.3) is 5.91 Å². The molecule has 0 aliphatic carbocycles.